The Kier molecular flexibility index (Phi) is 10.4. The van der Waals surface area contributed by atoms with Gasteiger partial charge < -0.3 is 9.64 Å². The average Bonchev–Trinajstić information content (AvgIpc) is 2.84. The van der Waals surface area contributed by atoms with Gasteiger partial charge in [-0.3, -0.25) is 14.9 Å². The molecule has 37 heavy (non-hydrogen) atoms. The van der Waals surface area contributed by atoms with Crippen molar-refractivity contribution >= 4 is 17.7 Å². The van der Waals surface area contributed by atoms with E-state index in [1.165, 1.54) is 18.2 Å². The molecule has 0 aromatic heterocycles. The minimum absolute atomic E-state index is 0.0446. The number of carbonyl (C=O) groups is 1. The molecule has 1 amide bonds. The van der Waals surface area contributed by atoms with Crippen LogP contribution in [0.4, 0.5) is 14.5 Å². The molecule has 0 N–H and O–H groups in total. The lowest BCUT2D eigenvalue weighted by Crippen LogP contribution is -2.45. The zero-order valence-corrected chi connectivity index (χ0v) is 21.5. The van der Waals surface area contributed by atoms with E-state index in [2.05, 4.69) is 0 Å². The first-order valence-electron chi connectivity index (χ1n) is 12.2. The van der Waals surface area contributed by atoms with Crippen molar-refractivity contribution in [1.29, 1.82) is 0 Å². The van der Waals surface area contributed by atoms with Crippen LogP contribution in [0.3, 0.4) is 0 Å². The lowest BCUT2D eigenvalue weighted by atomic mass is 9.92. The quantitative estimate of drug-likeness (QED) is 0.305. The maximum absolute atomic E-state index is 13.8. The van der Waals surface area contributed by atoms with Crippen LogP contribution in [0.15, 0.2) is 36.4 Å². The van der Waals surface area contributed by atoms with Crippen LogP contribution in [0.5, 0.6) is 5.75 Å². The highest BCUT2D eigenvalue weighted by atomic mass is 19.1. The highest BCUT2D eigenvalue weighted by molar-refractivity contribution is 5.95. The molecule has 1 saturated carbocycles. The van der Waals surface area contributed by atoms with Gasteiger partial charge in [0.25, 0.3) is 5.91 Å². The van der Waals surface area contributed by atoms with Crippen LogP contribution in [-0.2, 0) is 15.2 Å². The monoisotopic (exact) mass is 518 g/mol. The largest absolute Gasteiger partial charge is 0.476 e. The number of rotatable bonds is 8. The van der Waals surface area contributed by atoms with Gasteiger partial charge in [0.1, 0.15) is 17.2 Å². The van der Waals surface area contributed by atoms with E-state index in [1.807, 2.05) is 18.7 Å². The zero-order chi connectivity index (χ0) is 27.8. The second-order valence-corrected chi connectivity index (χ2v) is 9.47. The van der Waals surface area contributed by atoms with Gasteiger partial charge in [-0.15, -0.1) is 0 Å². The van der Waals surface area contributed by atoms with Crippen molar-refractivity contribution < 1.29 is 32.8 Å². The summed E-state index contributed by atoms with van der Waals surface area (Å²) in [6.45, 7) is 7.28. The van der Waals surface area contributed by atoms with Crippen LogP contribution in [0.1, 0.15) is 82.1 Å². The third-order valence-corrected chi connectivity index (χ3v) is 6.64. The van der Waals surface area contributed by atoms with Gasteiger partial charge in [0.15, 0.2) is 5.75 Å². The fraction of sp³-hybridized carbons (Fsp3) is 0.481. The number of nitrogens with zero attached hydrogens (tertiary/aromatic N) is 2. The van der Waals surface area contributed by atoms with Gasteiger partial charge in [0, 0.05) is 35.3 Å². The molecule has 3 rings (SSSR count). The summed E-state index contributed by atoms with van der Waals surface area (Å²) in [7, 11) is 0. The van der Waals surface area contributed by atoms with E-state index in [0.717, 1.165) is 50.3 Å². The Morgan fingerprint density at radius 1 is 1.14 bits per heavy atom. The molecule has 0 heterocycles. The minimum atomic E-state index is -1.22. The Labute approximate surface area is 214 Å². The van der Waals surface area contributed by atoms with Gasteiger partial charge in [0.2, 0.25) is 0 Å². The van der Waals surface area contributed by atoms with Crippen molar-refractivity contribution in [3.8, 4) is 5.75 Å². The number of amides is 1. The molecule has 2 aromatic carbocycles. The Balaban J connectivity index is 0.00000153. The summed E-state index contributed by atoms with van der Waals surface area (Å²) in [4.78, 5) is 42.8. The molecule has 0 aliphatic heterocycles. The van der Waals surface area contributed by atoms with Crippen molar-refractivity contribution in [3.63, 3.8) is 0 Å². The summed E-state index contributed by atoms with van der Waals surface area (Å²) in [6.07, 6.45) is 5.67. The van der Waals surface area contributed by atoms with Crippen LogP contribution in [-0.4, -0.2) is 34.0 Å². The molecule has 8 nitrogen and oxygen atoms in total. The van der Waals surface area contributed by atoms with Crippen molar-refractivity contribution in [2.75, 3.05) is 0 Å². The van der Waals surface area contributed by atoms with E-state index < -0.39 is 22.2 Å². The summed E-state index contributed by atoms with van der Waals surface area (Å²) in [5.74, 6) is -1.83. The Morgan fingerprint density at radius 2 is 1.70 bits per heavy atom. The average molecular weight is 519 g/mol. The molecular formula is C27H32F2N2O6. The molecule has 0 bridgehead atoms. The summed E-state index contributed by atoms with van der Waals surface area (Å²) >= 11 is 0. The van der Waals surface area contributed by atoms with Crippen LogP contribution < -0.4 is 4.74 Å². The molecule has 1 aliphatic rings. The molecule has 200 valence electrons. The maximum atomic E-state index is 13.8. The zero-order valence-electron chi connectivity index (χ0n) is 21.5. The van der Waals surface area contributed by atoms with Crippen LogP contribution in [0.25, 0.3) is 0 Å². The van der Waals surface area contributed by atoms with Gasteiger partial charge in [-0.05, 0) is 64.3 Å². The van der Waals surface area contributed by atoms with E-state index in [9.17, 15) is 23.7 Å². The fourth-order valence-corrected chi connectivity index (χ4v) is 4.65. The predicted octanol–water partition coefficient (Wildman–Crippen LogP) is 6.18. The molecule has 10 heteroatoms. The van der Waals surface area contributed by atoms with E-state index in [-0.39, 0.29) is 46.7 Å². The summed E-state index contributed by atoms with van der Waals surface area (Å²) in [5.41, 5.74) is -1.14. The summed E-state index contributed by atoms with van der Waals surface area (Å²) in [6, 6.07) is 7.29. The minimum Gasteiger partial charge on any atom is -0.476 e. The van der Waals surface area contributed by atoms with Crippen molar-refractivity contribution in [3.05, 3.63) is 69.3 Å². The molecule has 2 aromatic rings. The standard InChI is InChI=1S/C26H32F2N2O4.CO2/c1-5-26(4,19-14-20(27)16-21(28)15-19)34-24-12-11-18(13-23(24)30(32)33)25(31)29(17(2)3)22-9-7-6-8-10-22;2-1-3/h11-17,22H,5-10H2,1-4H3;. The lowest BCUT2D eigenvalue weighted by Gasteiger charge is -2.37. The highest BCUT2D eigenvalue weighted by Crippen LogP contribution is 2.38. The van der Waals surface area contributed by atoms with Gasteiger partial charge >= 0.3 is 11.8 Å². The predicted molar refractivity (Wildman–Crippen MR) is 131 cm³/mol. The number of halogens is 2. The van der Waals surface area contributed by atoms with Crippen LogP contribution in [0.2, 0.25) is 0 Å². The first kappa shape index (κ1) is 29.6. The smallest absolute Gasteiger partial charge is 0.373 e. The van der Waals surface area contributed by atoms with Gasteiger partial charge in [-0.25, -0.2) is 8.78 Å². The molecule has 0 saturated heterocycles. The van der Waals surface area contributed by atoms with Gasteiger partial charge in [0.05, 0.1) is 4.92 Å². The number of hydrogen-bond donors (Lipinski definition) is 0. The highest BCUT2D eigenvalue weighted by Gasteiger charge is 2.33. The van der Waals surface area contributed by atoms with Gasteiger partial charge in [-0.1, -0.05) is 26.2 Å². The number of carbonyl (C=O) groups excluding carboxylic acids is 3. The molecule has 0 radical (unpaired) electrons. The van der Waals surface area contributed by atoms with Crippen molar-refractivity contribution in [1.82, 2.24) is 4.90 Å². The van der Waals surface area contributed by atoms with E-state index >= 15 is 0 Å². The van der Waals surface area contributed by atoms with Crippen molar-refractivity contribution in [2.24, 2.45) is 0 Å². The fourth-order valence-electron chi connectivity index (χ4n) is 4.65. The first-order chi connectivity index (χ1) is 17.5. The van der Waals surface area contributed by atoms with Gasteiger partial charge in [-0.2, -0.15) is 9.59 Å². The topological polar surface area (TPSA) is 107 Å². The van der Waals surface area contributed by atoms with E-state index in [0.29, 0.717) is 6.42 Å². The number of hydrogen-bond acceptors (Lipinski definition) is 6. The molecular weight excluding hydrogens is 486 g/mol. The van der Waals surface area contributed by atoms with Crippen molar-refractivity contribution in [2.45, 2.75) is 83.9 Å². The maximum Gasteiger partial charge on any atom is 0.373 e. The molecule has 1 atom stereocenters. The second-order valence-electron chi connectivity index (χ2n) is 9.47. The SMILES string of the molecule is CCC(C)(Oc1ccc(C(=O)N(C(C)C)C2CCCCC2)cc1[N+](=O)[O-])c1cc(F)cc(F)c1.O=C=O. The van der Waals surface area contributed by atoms with E-state index in [1.54, 1.807) is 13.8 Å². The molecule has 1 unspecified atom stereocenters. The normalized spacial score (nSPS) is 15.1. The summed E-state index contributed by atoms with van der Waals surface area (Å²) in [5, 5.41) is 11.9. The number of benzene rings is 2. The molecule has 1 aliphatic carbocycles. The van der Waals surface area contributed by atoms with Crippen LogP contribution >= 0.6 is 0 Å². The lowest BCUT2D eigenvalue weighted by molar-refractivity contribution is -0.386. The number of ether oxygens (including phenoxy) is 1. The number of nitro benzene ring substituents is 1. The Hall–Kier alpha value is -3.65. The molecule has 0 spiro atoms. The van der Waals surface area contributed by atoms with E-state index in [4.69, 9.17) is 14.3 Å². The Morgan fingerprint density at radius 3 is 2.19 bits per heavy atom. The third-order valence-electron chi connectivity index (χ3n) is 6.64. The first-order valence-corrected chi connectivity index (χ1v) is 12.2. The third kappa shape index (κ3) is 7.43. The number of nitro groups is 1. The second kappa shape index (κ2) is 13.1. The summed E-state index contributed by atoms with van der Waals surface area (Å²) < 4.78 is 33.7. The van der Waals surface area contributed by atoms with Crippen LogP contribution in [0, 0.1) is 21.7 Å². The molecule has 1 fully saturated rings. The Bertz CT molecular complexity index is 1120.